The molecule has 3 amide bonds. The summed E-state index contributed by atoms with van der Waals surface area (Å²) in [6.45, 7) is -0.194. The molecule has 8 N–H and O–H groups in total. The molecule has 3 heterocycles. The van der Waals surface area contributed by atoms with E-state index in [0.717, 1.165) is 10.5 Å². The van der Waals surface area contributed by atoms with Crippen LogP contribution in [0, 0.1) is 11.8 Å². The molecule has 9 unspecified atom stereocenters. The lowest BCUT2D eigenvalue weighted by molar-refractivity contribution is -0.269. The van der Waals surface area contributed by atoms with Gasteiger partial charge in [0.25, 0.3) is 5.91 Å². The summed E-state index contributed by atoms with van der Waals surface area (Å²) in [6.07, 6.45) is -11.2. The van der Waals surface area contributed by atoms with Crippen LogP contribution in [0.5, 0.6) is 5.75 Å². The van der Waals surface area contributed by atoms with Crippen molar-refractivity contribution in [1.29, 1.82) is 0 Å². The first-order valence-corrected chi connectivity index (χ1v) is 21.9. The van der Waals surface area contributed by atoms with Crippen LogP contribution in [-0.4, -0.2) is 163 Å². The Hall–Kier alpha value is -5.52. The van der Waals surface area contributed by atoms with E-state index >= 15 is 0 Å². The van der Waals surface area contributed by atoms with Gasteiger partial charge < -0.3 is 60.2 Å². The van der Waals surface area contributed by atoms with E-state index in [1.807, 2.05) is 0 Å². The van der Waals surface area contributed by atoms with Crippen molar-refractivity contribution < 1.29 is 83.1 Å². The number of benzene rings is 2. The number of alkyl carbamates (subject to hydrolysis) is 1. The summed E-state index contributed by atoms with van der Waals surface area (Å²) in [4.78, 5) is 93.5. The van der Waals surface area contributed by atoms with Crippen molar-refractivity contribution in [1.82, 2.24) is 15.5 Å². The maximum Gasteiger partial charge on any atom is 0.407 e. The van der Waals surface area contributed by atoms with Gasteiger partial charge in [-0.2, -0.15) is 0 Å². The largest absolute Gasteiger partial charge is 0.496 e. The maximum atomic E-state index is 14.1. The number of aliphatic carboxylic acids is 1. The smallest absolute Gasteiger partial charge is 0.407 e. The first-order valence-electron chi connectivity index (χ1n) is 20.9. The van der Waals surface area contributed by atoms with E-state index in [0.29, 0.717) is 0 Å². The zero-order valence-corrected chi connectivity index (χ0v) is 35.8. The van der Waals surface area contributed by atoms with Crippen LogP contribution in [0.3, 0.4) is 0 Å². The number of ether oxygens (including phenoxy) is 4. The number of nitrogens with zero attached hydrogens (tertiary/aromatic N) is 1. The molecule has 2 saturated heterocycles. The number of methoxy groups -OCH3 is 1. The number of carboxylic acid groups (broad SMARTS) is 1. The number of Topliss-reactive ketones (excluding diaryl/α,β-unsaturated/α-hetero) is 3. The Kier molecular flexibility index (Phi) is 12.8. The lowest BCUT2D eigenvalue weighted by Gasteiger charge is -2.52. The van der Waals surface area contributed by atoms with Crippen molar-refractivity contribution in [3.8, 4) is 5.75 Å². The van der Waals surface area contributed by atoms with E-state index in [9.17, 15) is 64.2 Å². The van der Waals surface area contributed by atoms with Crippen LogP contribution in [0.2, 0.25) is 0 Å². The van der Waals surface area contributed by atoms with E-state index in [2.05, 4.69) is 10.6 Å². The number of aliphatic hydroxyl groups excluding tert-OH is 4. The summed E-state index contributed by atoms with van der Waals surface area (Å²) in [5, 5.41) is 70.9. The Morgan fingerprint density at radius 1 is 0.954 bits per heavy atom. The molecule has 346 valence electrons. The molecule has 21 heteroatoms. The van der Waals surface area contributed by atoms with Crippen LogP contribution in [0.4, 0.5) is 4.79 Å². The molecule has 8 rings (SSSR count). The normalized spacial score (nSPS) is 32.9. The van der Waals surface area contributed by atoms with Crippen LogP contribution in [0.25, 0.3) is 0 Å². The molecule has 3 fully saturated rings. The van der Waals surface area contributed by atoms with Gasteiger partial charge in [0.05, 0.1) is 49.6 Å². The molecule has 2 aromatic rings. The van der Waals surface area contributed by atoms with Crippen molar-refractivity contribution >= 4 is 53.0 Å². The number of rotatable bonds is 12. The van der Waals surface area contributed by atoms with E-state index in [4.69, 9.17) is 18.9 Å². The van der Waals surface area contributed by atoms with E-state index in [1.54, 1.807) is 30.3 Å². The van der Waals surface area contributed by atoms with Gasteiger partial charge in [-0.1, -0.05) is 42.5 Å². The Morgan fingerprint density at radius 2 is 1.68 bits per heavy atom. The van der Waals surface area contributed by atoms with Crippen molar-refractivity contribution in [2.75, 3.05) is 26.1 Å². The highest BCUT2D eigenvalue weighted by atomic mass is 32.2. The molecule has 6 aliphatic rings. The molecule has 1 saturated carbocycles. The van der Waals surface area contributed by atoms with Crippen LogP contribution >= 0.6 is 11.8 Å². The predicted molar refractivity (Wildman–Crippen MR) is 222 cm³/mol. The quantitative estimate of drug-likeness (QED) is 0.123. The number of carbonyl (C=O) groups excluding carboxylic acids is 6. The highest BCUT2D eigenvalue weighted by Crippen LogP contribution is 2.51. The van der Waals surface area contributed by atoms with Gasteiger partial charge >= 0.3 is 12.1 Å². The standard InChI is InChI=1S/C44H47N3O17S/c1-18-35(51)23(45-43(59)62-16-20-17-65-41-33(40(56)47(41)34(20)42(57)58)46-27(50)11-19-7-4-3-5-8-19)12-28(63-18)64-25-14-44(60,26(49)15-48)13-22-30(25)39(55)32-31(37(22)53)36(52)21-9-6-10-24(61-2)29(21)38(32)54/h3-10,18,22-23,25,28,30,33,35,37,39,41,48,51,53,55,60H,11-17H2,1-2H3,(H,45,59)(H,46,50)(H,57,58)/t18?,22?,23?,25?,28?,30?,33-,35?,37?,39?,41-,44+/m1/s1. The number of hydrogen-bond acceptors (Lipinski definition) is 17. The van der Waals surface area contributed by atoms with Gasteiger partial charge in [0.2, 0.25) is 5.91 Å². The molecule has 3 aliphatic carbocycles. The molecule has 20 nitrogen and oxygen atoms in total. The van der Waals surface area contributed by atoms with E-state index in [1.165, 1.54) is 44.0 Å². The number of fused-ring (bicyclic) bond motifs is 3. The summed E-state index contributed by atoms with van der Waals surface area (Å²) in [5.41, 5.74) is -2.89. The number of carboxylic acids is 1. The highest BCUT2D eigenvalue weighted by Gasteiger charge is 2.60. The second kappa shape index (κ2) is 18.0. The fourth-order valence-electron chi connectivity index (χ4n) is 9.89. The van der Waals surface area contributed by atoms with E-state index < -0.39 is 150 Å². The molecule has 65 heavy (non-hydrogen) atoms. The predicted octanol–water partition coefficient (Wildman–Crippen LogP) is -0.618. The third-order valence-electron chi connectivity index (χ3n) is 13.0. The van der Waals surface area contributed by atoms with Gasteiger partial charge in [-0.15, -0.1) is 11.8 Å². The molecule has 2 aromatic carbocycles. The molecule has 0 spiro atoms. The fourth-order valence-corrected chi connectivity index (χ4v) is 11.2. The average molecular weight is 922 g/mol. The number of hydrogen-bond donors (Lipinski definition) is 8. The number of carbonyl (C=O) groups is 7. The average Bonchev–Trinajstić information content (AvgIpc) is 3.28. The van der Waals surface area contributed by atoms with Gasteiger partial charge in [-0.05, 0) is 25.0 Å². The minimum atomic E-state index is -2.33. The summed E-state index contributed by atoms with van der Waals surface area (Å²) < 4.78 is 23.0. The molecule has 12 atom stereocenters. The van der Waals surface area contributed by atoms with Crippen LogP contribution in [0.1, 0.15) is 52.5 Å². The van der Waals surface area contributed by atoms with Crippen LogP contribution in [-0.2, 0) is 39.8 Å². The summed E-state index contributed by atoms with van der Waals surface area (Å²) >= 11 is 1.18. The monoisotopic (exact) mass is 921 g/mol. The molecule has 0 aromatic heterocycles. The molecular formula is C44H47N3O17S. The zero-order chi connectivity index (χ0) is 46.6. The van der Waals surface area contributed by atoms with Crippen LogP contribution < -0.4 is 15.4 Å². The lowest BCUT2D eigenvalue weighted by atomic mass is 9.57. The third kappa shape index (κ3) is 8.24. The lowest BCUT2D eigenvalue weighted by Crippen LogP contribution is -2.70. The summed E-state index contributed by atoms with van der Waals surface area (Å²) in [5.74, 6) is -7.49. The minimum Gasteiger partial charge on any atom is -0.496 e. The number of ketones is 3. The van der Waals surface area contributed by atoms with Gasteiger partial charge in [0.1, 0.15) is 47.8 Å². The maximum absolute atomic E-state index is 14.1. The highest BCUT2D eigenvalue weighted by molar-refractivity contribution is 8.00. The fraction of sp³-hybridized carbons (Fsp3) is 0.477. The summed E-state index contributed by atoms with van der Waals surface area (Å²) in [7, 11) is 1.30. The van der Waals surface area contributed by atoms with Crippen LogP contribution in [0.15, 0.2) is 70.9 Å². The van der Waals surface area contributed by atoms with Crippen molar-refractivity contribution in [2.24, 2.45) is 11.8 Å². The first kappa shape index (κ1) is 46.0. The SMILES string of the molecule is COc1cccc2c1C(=O)C1=C(C2=O)C(O)C2C[C@@](O)(C(=O)CO)CC(OC3CC(NC(=O)OCC4=C(C(=O)O)N5C(=O)[C@@H](NC(=O)Cc6ccccc6)[C@H]5SC4)C(O)C(C)O3)C2C1O. The molecular weight excluding hydrogens is 875 g/mol. The van der Waals surface area contributed by atoms with Gasteiger partial charge in [0, 0.05) is 52.7 Å². The van der Waals surface area contributed by atoms with Gasteiger partial charge in [-0.3, -0.25) is 28.9 Å². The Balaban J connectivity index is 0.957. The Bertz CT molecular complexity index is 2390. The van der Waals surface area contributed by atoms with Crippen molar-refractivity contribution in [3.63, 3.8) is 0 Å². The Morgan fingerprint density at radius 3 is 2.37 bits per heavy atom. The summed E-state index contributed by atoms with van der Waals surface area (Å²) in [6, 6.07) is 11.1. The molecule has 0 radical (unpaired) electrons. The number of β-lactam (4-membered cyclic amide) rings is 1. The minimum absolute atomic E-state index is 0.0197. The number of nitrogens with one attached hydrogen (secondary N) is 2. The number of aliphatic hydroxyl groups is 5. The van der Waals surface area contributed by atoms with E-state index in [-0.39, 0.29) is 46.7 Å². The zero-order valence-electron chi connectivity index (χ0n) is 34.9. The van der Waals surface area contributed by atoms with Crippen molar-refractivity contribution in [2.45, 2.75) is 92.5 Å². The molecule has 0 bridgehead atoms. The molecule has 3 aliphatic heterocycles. The number of amides is 3. The second-order valence-electron chi connectivity index (χ2n) is 16.9. The Labute approximate surface area is 374 Å². The first-order chi connectivity index (χ1) is 31.0. The second-order valence-corrected chi connectivity index (χ2v) is 18.0. The van der Waals surface area contributed by atoms with Gasteiger partial charge in [-0.25, -0.2) is 9.59 Å². The van der Waals surface area contributed by atoms with Gasteiger partial charge in [0.15, 0.2) is 23.6 Å². The topological polar surface area (TPSA) is 305 Å². The number of thioether (sulfide) groups is 1. The third-order valence-corrected chi connectivity index (χ3v) is 14.4. The van der Waals surface area contributed by atoms with Crippen molar-refractivity contribution in [3.05, 3.63) is 87.6 Å².